The van der Waals surface area contributed by atoms with Crippen LogP contribution in [0.2, 0.25) is 0 Å². The number of nitrogens with two attached hydrogens (primary N) is 1. The SMILES string of the molecule is CCCCC(N)C(=O)NC(C)Cc1ccco1. The lowest BCUT2D eigenvalue weighted by atomic mass is 10.1. The van der Waals surface area contributed by atoms with E-state index < -0.39 is 6.04 Å². The van der Waals surface area contributed by atoms with Crippen LogP contribution in [-0.4, -0.2) is 18.0 Å². The van der Waals surface area contributed by atoms with Gasteiger partial charge in [0.2, 0.25) is 5.91 Å². The second-order valence-corrected chi connectivity index (χ2v) is 4.44. The molecule has 0 aromatic carbocycles. The molecule has 4 heteroatoms. The number of hydrogen-bond acceptors (Lipinski definition) is 3. The molecule has 2 atom stereocenters. The van der Waals surface area contributed by atoms with Gasteiger partial charge in [-0.3, -0.25) is 4.79 Å². The molecule has 0 radical (unpaired) electrons. The Labute approximate surface area is 103 Å². The monoisotopic (exact) mass is 238 g/mol. The van der Waals surface area contributed by atoms with E-state index in [0.717, 1.165) is 25.0 Å². The van der Waals surface area contributed by atoms with Crippen molar-refractivity contribution in [2.45, 2.75) is 51.6 Å². The van der Waals surface area contributed by atoms with Crippen molar-refractivity contribution >= 4 is 5.91 Å². The molecule has 17 heavy (non-hydrogen) atoms. The summed E-state index contributed by atoms with van der Waals surface area (Å²) in [6, 6.07) is 3.40. The minimum atomic E-state index is -0.394. The van der Waals surface area contributed by atoms with Crippen LogP contribution >= 0.6 is 0 Å². The predicted octanol–water partition coefficient (Wildman–Crippen LogP) is 1.84. The third-order valence-electron chi connectivity index (χ3n) is 2.68. The van der Waals surface area contributed by atoms with E-state index in [1.807, 2.05) is 19.1 Å². The second kappa shape index (κ2) is 7.12. The molecule has 3 N–H and O–H groups in total. The number of rotatable bonds is 7. The van der Waals surface area contributed by atoms with Crippen molar-refractivity contribution in [1.29, 1.82) is 0 Å². The minimum absolute atomic E-state index is 0.0429. The zero-order valence-corrected chi connectivity index (χ0v) is 10.6. The number of unbranched alkanes of at least 4 members (excludes halogenated alkanes) is 1. The normalized spacial score (nSPS) is 14.3. The molecule has 1 rings (SSSR count). The van der Waals surface area contributed by atoms with Crippen molar-refractivity contribution in [1.82, 2.24) is 5.32 Å². The maximum atomic E-state index is 11.7. The standard InChI is InChI=1S/C13H22N2O2/c1-3-4-7-12(14)13(16)15-10(2)9-11-6-5-8-17-11/h5-6,8,10,12H,3-4,7,9,14H2,1-2H3,(H,15,16). The highest BCUT2D eigenvalue weighted by molar-refractivity contribution is 5.81. The Morgan fingerprint density at radius 2 is 2.35 bits per heavy atom. The summed E-state index contributed by atoms with van der Waals surface area (Å²) in [4.78, 5) is 11.7. The summed E-state index contributed by atoms with van der Waals surface area (Å²) < 4.78 is 5.23. The second-order valence-electron chi connectivity index (χ2n) is 4.44. The summed E-state index contributed by atoms with van der Waals surface area (Å²) in [6.07, 6.45) is 5.12. The van der Waals surface area contributed by atoms with E-state index in [0.29, 0.717) is 6.42 Å². The molecule has 0 aliphatic rings. The van der Waals surface area contributed by atoms with E-state index >= 15 is 0 Å². The first-order valence-electron chi connectivity index (χ1n) is 6.21. The Balaban J connectivity index is 2.30. The highest BCUT2D eigenvalue weighted by atomic mass is 16.3. The topological polar surface area (TPSA) is 68.3 Å². The Hall–Kier alpha value is -1.29. The first kappa shape index (κ1) is 13.8. The van der Waals surface area contributed by atoms with Crippen molar-refractivity contribution in [3.05, 3.63) is 24.2 Å². The van der Waals surface area contributed by atoms with Gasteiger partial charge in [0.05, 0.1) is 12.3 Å². The molecule has 1 heterocycles. The first-order chi connectivity index (χ1) is 8.13. The van der Waals surface area contributed by atoms with Crippen molar-refractivity contribution < 1.29 is 9.21 Å². The predicted molar refractivity (Wildman–Crippen MR) is 67.5 cm³/mol. The zero-order valence-electron chi connectivity index (χ0n) is 10.6. The van der Waals surface area contributed by atoms with Crippen LogP contribution in [0.1, 0.15) is 38.9 Å². The summed E-state index contributed by atoms with van der Waals surface area (Å²) in [6.45, 7) is 4.04. The van der Waals surface area contributed by atoms with Gasteiger partial charge in [0.15, 0.2) is 0 Å². The summed E-state index contributed by atoms with van der Waals surface area (Å²) in [5.74, 6) is 0.803. The molecule has 0 bridgehead atoms. The molecule has 0 spiro atoms. The Kier molecular flexibility index (Phi) is 5.77. The number of amides is 1. The van der Waals surface area contributed by atoms with Gasteiger partial charge in [0.25, 0.3) is 0 Å². The molecule has 0 saturated carbocycles. The molecule has 2 unspecified atom stereocenters. The quantitative estimate of drug-likeness (QED) is 0.761. The number of nitrogens with one attached hydrogen (secondary N) is 1. The molecular weight excluding hydrogens is 216 g/mol. The van der Waals surface area contributed by atoms with Gasteiger partial charge in [-0.05, 0) is 25.5 Å². The van der Waals surface area contributed by atoms with Crippen LogP contribution in [-0.2, 0) is 11.2 Å². The molecule has 0 saturated heterocycles. The molecule has 1 aromatic rings. The molecule has 4 nitrogen and oxygen atoms in total. The number of carbonyl (C=O) groups excluding carboxylic acids is 1. The molecule has 0 aliphatic heterocycles. The van der Waals surface area contributed by atoms with Crippen LogP contribution in [0.4, 0.5) is 0 Å². The van der Waals surface area contributed by atoms with Gasteiger partial charge in [-0.2, -0.15) is 0 Å². The highest BCUT2D eigenvalue weighted by Crippen LogP contribution is 2.04. The maximum absolute atomic E-state index is 11.7. The summed E-state index contributed by atoms with van der Waals surface area (Å²) in [7, 11) is 0. The average Bonchev–Trinajstić information content (AvgIpc) is 2.78. The maximum Gasteiger partial charge on any atom is 0.237 e. The van der Waals surface area contributed by atoms with Gasteiger partial charge in [0, 0.05) is 12.5 Å². The fourth-order valence-electron chi connectivity index (χ4n) is 1.69. The van der Waals surface area contributed by atoms with Crippen LogP contribution < -0.4 is 11.1 Å². The Bertz CT molecular complexity index is 322. The fourth-order valence-corrected chi connectivity index (χ4v) is 1.69. The minimum Gasteiger partial charge on any atom is -0.469 e. The van der Waals surface area contributed by atoms with Gasteiger partial charge in [0.1, 0.15) is 5.76 Å². The van der Waals surface area contributed by atoms with Crippen LogP contribution in [0.25, 0.3) is 0 Å². The number of hydrogen-bond donors (Lipinski definition) is 2. The van der Waals surface area contributed by atoms with Crippen LogP contribution in [0.15, 0.2) is 22.8 Å². The highest BCUT2D eigenvalue weighted by Gasteiger charge is 2.15. The fraction of sp³-hybridized carbons (Fsp3) is 0.615. The molecular formula is C13H22N2O2. The van der Waals surface area contributed by atoms with Gasteiger partial charge in [-0.1, -0.05) is 19.8 Å². The van der Waals surface area contributed by atoms with Crippen LogP contribution in [0, 0.1) is 0 Å². The lowest BCUT2D eigenvalue weighted by Crippen LogP contribution is -2.45. The van der Waals surface area contributed by atoms with Gasteiger partial charge >= 0.3 is 0 Å². The summed E-state index contributed by atoms with van der Waals surface area (Å²) >= 11 is 0. The van der Waals surface area contributed by atoms with Gasteiger partial charge < -0.3 is 15.5 Å². The van der Waals surface area contributed by atoms with E-state index in [2.05, 4.69) is 12.2 Å². The number of furan rings is 1. The first-order valence-corrected chi connectivity index (χ1v) is 6.21. The van der Waals surface area contributed by atoms with Crippen molar-refractivity contribution in [3.8, 4) is 0 Å². The van der Waals surface area contributed by atoms with Crippen molar-refractivity contribution in [3.63, 3.8) is 0 Å². The van der Waals surface area contributed by atoms with Crippen molar-refractivity contribution in [2.75, 3.05) is 0 Å². The molecule has 1 amide bonds. The van der Waals surface area contributed by atoms with Crippen LogP contribution in [0.5, 0.6) is 0 Å². The Morgan fingerprint density at radius 3 is 2.94 bits per heavy atom. The van der Waals surface area contributed by atoms with E-state index in [-0.39, 0.29) is 11.9 Å². The third kappa shape index (κ3) is 5.04. The molecule has 0 fully saturated rings. The smallest absolute Gasteiger partial charge is 0.237 e. The van der Waals surface area contributed by atoms with E-state index in [9.17, 15) is 4.79 Å². The van der Waals surface area contributed by atoms with Crippen LogP contribution in [0.3, 0.4) is 0 Å². The Morgan fingerprint density at radius 1 is 1.59 bits per heavy atom. The van der Waals surface area contributed by atoms with E-state index in [1.165, 1.54) is 0 Å². The largest absolute Gasteiger partial charge is 0.469 e. The molecule has 0 aliphatic carbocycles. The summed E-state index contributed by atoms with van der Waals surface area (Å²) in [5, 5.41) is 2.90. The van der Waals surface area contributed by atoms with Gasteiger partial charge in [-0.15, -0.1) is 0 Å². The van der Waals surface area contributed by atoms with E-state index in [1.54, 1.807) is 6.26 Å². The molecule has 1 aromatic heterocycles. The van der Waals surface area contributed by atoms with Crippen molar-refractivity contribution in [2.24, 2.45) is 5.73 Å². The lowest BCUT2D eigenvalue weighted by molar-refractivity contribution is -0.123. The van der Waals surface area contributed by atoms with Gasteiger partial charge in [-0.25, -0.2) is 0 Å². The summed E-state index contributed by atoms with van der Waals surface area (Å²) in [5.41, 5.74) is 5.79. The average molecular weight is 238 g/mol. The zero-order chi connectivity index (χ0) is 12.7. The third-order valence-corrected chi connectivity index (χ3v) is 2.68. The van der Waals surface area contributed by atoms with E-state index in [4.69, 9.17) is 10.2 Å². The molecule has 96 valence electrons. The lowest BCUT2D eigenvalue weighted by Gasteiger charge is -2.16. The number of carbonyl (C=O) groups is 1.